The quantitative estimate of drug-likeness (QED) is 0.583. The molecule has 2 aromatic rings. The largest absolute Gasteiger partial charge is 1.00 e. The third kappa shape index (κ3) is 3.91. The van der Waals surface area contributed by atoms with Crippen LogP contribution in [0.25, 0.3) is 4.72 Å². The van der Waals surface area contributed by atoms with E-state index in [0.29, 0.717) is 0 Å². The molecule has 0 aliphatic heterocycles. The maximum absolute atomic E-state index is 12.4. The fourth-order valence-electron chi connectivity index (χ4n) is 3.98. The van der Waals surface area contributed by atoms with Crippen molar-refractivity contribution in [1.82, 2.24) is 3.97 Å². The van der Waals surface area contributed by atoms with Crippen molar-refractivity contribution in [1.29, 1.82) is 0 Å². The second-order valence-electron chi connectivity index (χ2n) is 7.02. The van der Waals surface area contributed by atoms with Crippen molar-refractivity contribution >= 4 is 27.7 Å². The molecule has 0 saturated carbocycles. The summed E-state index contributed by atoms with van der Waals surface area (Å²) in [7, 11) is -4.24. The maximum atomic E-state index is 12.4. The van der Waals surface area contributed by atoms with Crippen LogP contribution in [-0.4, -0.2) is 24.2 Å². The number of nitrogens with zero attached hydrogens (tertiary/aromatic N) is 2. The van der Waals surface area contributed by atoms with Gasteiger partial charge in [-0.1, -0.05) is 6.07 Å². The van der Waals surface area contributed by atoms with E-state index in [0.717, 1.165) is 65.5 Å². The topological polar surface area (TPSA) is 99.3 Å². The molecule has 0 fully saturated rings. The van der Waals surface area contributed by atoms with Crippen LogP contribution in [0.15, 0.2) is 24.5 Å². The number of nitrogens with one attached hydrogen (secondary N) is 1. The Hall–Kier alpha value is -1.61. The summed E-state index contributed by atoms with van der Waals surface area (Å²) in [6.07, 6.45) is 8.17. The summed E-state index contributed by atoms with van der Waals surface area (Å²) >= 11 is 0. The van der Waals surface area contributed by atoms with Crippen LogP contribution in [-0.2, 0) is 35.9 Å². The summed E-state index contributed by atoms with van der Waals surface area (Å²) in [6, 6.07) is 2.70. The minimum atomic E-state index is -4.24. The minimum Gasteiger partial charge on any atom is -0.423 e. The molecular weight excluding hydrogens is 389 g/mol. The molecule has 1 heterocycles. The number of benzene rings is 1. The summed E-state index contributed by atoms with van der Waals surface area (Å²) in [6.45, 7) is 1.34. The predicted molar refractivity (Wildman–Crippen MR) is 102 cm³/mol. The van der Waals surface area contributed by atoms with Crippen molar-refractivity contribution in [3.63, 3.8) is 0 Å². The molecule has 4 rings (SSSR count). The van der Waals surface area contributed by atoms with Crippen LogP contribution in [0.5, 0.6) is 0 Å². The Bertz CT molecular complexity index is 1030. The third-order valence-corrected chi connectivity index (χ3v) is 6.40. The zero-order valence-corrected chi connectivity index (χ0v) is 18.8. The number of rotatable bonds is 4. The van der Waals surface area contributed by atoms with Gasteiger partial charge in [0.25, 0.3) is 10.2 Å². The molecule has 0 atom stereocenters. The van der Waals surface area contributed by atoms with Crippen molar-refractivity contribution in [2.75, 3.05) is 5.32 Å². The van der Waals surface area contributed by atoms with Crippen LogP contribution in [0.4, 0.5) is 10.5 Å². The standard InChI is InChI=1S/C19H21N3O4S.Na/c1-12(23)15-8-9-22(11-15)27(25,26)21-19(24)20-18-16-6-2-4-13(16)10-14-5-3-7-17(14)18;/h8-11H,2-7H2,1H3,(H2,20,21,24);/q;+1/p-1. The Morgan fingerprint density at radius 1 is 1.07 bits per heavy atom. The molecule has 1 aromatic heterocycles. The van der Waals surface area contributed by atoms with Crippen molar-refractivity contribution < 1.29 is 47.6 Å². The van der Waals surface area contributed by atoms with E-state index >= 15 is 0 Å². The first-order valence-corrected chi connectivity index (χ1v) is 10.4. The maximum Gasteiger partial charge on any atom is 1.00 e. The van der Waals surface area contributed by atoms with Crippen LogP contribution in [0, 0.1) is 0 Å². The second-order valence-corrected chi connectivity index (χ2v) is 8.52. The number of aryl methyl sites for hydroxylation is 2. The van der Waals surface area contributed by atoms with E-state index in [1.54, 1.807) is 0 Å². The number of hydrogen-bond acceptors (Lipinski definition) is 4. The fourth-order valence-corrected chi connectivity index (χ4v) is 4.79. The van der Waals surface area contributed by atoms with Crippen molar-refractivity contribution in [3.8, 4) is 0 Å². The van der Waals surface area contributed by atoms with Gasteiger partial charge in [-0.25, -0.2) is 12.4 Å². The molecule has 0 unspecified atom stereocenters. The Morgan fingerprint density at radius 3 is 2.21 bits per heavy atom. The van der Waals surface area contributed by atoms with Gasteiger partial charge < -0.3 is 10.0 Å². The molecule has 28 heavy (non-hydrogen) atoms. The van der Waals surface area contributed by atoms with E-state index in [-0.39, 0.29) is 40.9 Å². The van der Waals surface area contributed by atoms with Crippen LogP contribution in [0.1, 0.15) is 52.4 Å². The van der Waals surface area contributed by atoms with Gasteiger partial charge in [0.15, 0.2) is 11.8 Å². The molecule has 2 aliphatic carbocycles. The first kappa shape index (κ1) is 21.1. The normalized spacial score (nSPS) is 14.8. The SMILES string of the molecule is CC(=O)c1ccn(S(=O)(=O)[N-]C(=O)Nc2c3c(cc4c2CCC4)CCC3)c1.[Na+]. The van der Waals surface area contributed by atoms with E-state index in [2.05, 4.69) is 16.1 Å². The third-order valence-electron chi connectivity index (χ3n) is 5.24. The van der Waals surface area contributed by atoms with Gasteiger partial charge in [0.05, 0.1) is 0 Å². The molecule has 9 heteroatoms. The number of carbonyl (C=O) groups is 2. The van der Waals surface area contributed by atoms with E-state index in [1.165, 1.54) is 30.3 Å². The number of amides is 2. The number of urea groups is 1. The minimum absolute atomic E-state index is 0. The Balaban J connectivity index is 0.00000225. The number of ketones is 1. The summed E-state index contributed by atoms with van der Waals surface area (Å²) in [5.74, 6) is -0.260. The molecule has 2 amide bonds. The molecule has 142 valence electrons. The molecular formula is C19H20N3NaO4S. The van der Waals surface area contributed by atoms with Crippen molar-refractivity contribution in [2.24, 2.45) is 0 Å². The number of hydrogen-bond donors (Lipinski definition) is 1. The number of aromatic nitrogens is 1. The van der Waals surface area contributed by atoms with Gasteiger partial charge in [-0.05, 0) is 79.5 Å². The first-order chi connectivity index (χ1) is 12.8. The van der Waals surface area contributed by atoms with E-state index < -0.39 is 16.2 Å². The van der Waals surface area contributed by atoms with Crippen LogP contribution in [0.3, 0.4) is 0 Å². The Morgan fingerprint density at radius 2 is 1.68 bits per heavy atom. The molecule has 2 aliphatic rings. The number of anilines is 1. The van der Waals surface area contributed by atoms with Gasteiger partial charge in [-0.3, -0.25) is 9.59 Å². The second kappa shape index (κ2) is 8.02. The van der Waals surface area contributed by atoms with Gasteiger partial charge in [-0.15, -0.1) is 0 Å². The molecule has 0 saturated heterocycles. The van der Waals surface area contributed by atoms with Gasteiger partial charge >= 0.3 is 29.6 Å². The monoisotopic (exact) mass is 409 g/mol. The average Bonchev–Trinajstić information content (AvgIpc) is 3.34. The molecule has 0 radical (unpaired) electrons. The molecule has 1 N–H and O–H groups in total. The van der Waals surface area contributed by atoms with Crippen LogP contribution < -0.4 is 34.9 Å². The van der Waals surface area contributed by atoms with Gasteiger partial charge in [0.1, 0.15) is 0 Å². The predicted octanol–water partition coefficient (Wildman–Crippen LogP) is 0.371. The van der Waals surface area contributed by atoms with Gasteiger partial charge in [-0.2, -0.15) is 0 Å². The summed E-state index contributed by atoms with van der Waals surface area (Å²) in [5, 5.41) is 2.73. The van der Waals surface area contributed by atoms with Crippen molar-refractivity contribution in [2.45, 2.75) is 45.4 Å². The zero-order chi connectivity index (χ0) is 19.2. The van der Waals surface area contributed by atoms with E-state index in [9.17, 15) is 18.0 Å². The van der Waals surface area contributed by atoms with Gasteiger partial charge in [0, 0.05) is 18.0 Å². The Kier molecular flexibility index (Phi) is 6.05. The van der Waals surface area contributed by atoms with Crippen molar-refractivity contribution in [3.05, 3.63) is 57.1 Å². The van der Waals surface area contributed by atoms with E-state index in [4.69, 9.17) is 0 Å². The summed E-state index contributed by atoms with van der Waals surface area (Å²) in [4.78, 5) is 23.8. The van der Waals surface area contributed by atoms with E-state index in [1.807, 2.05) is 0 Å². The number of Topliss-reactive ketones (excluding diaryl/α,β-unsaturated/α-hetero) is 1. The summed E-state index contributed by atoms with van der Waals surface area (Å²) < 4.78 is 28.9. The molecule has 1 aromatic carbocycles. The number of carbonyl (C=O) groups excluding carboxylic acids is 2. The number of fused-ring (bicyclic) bond motifs is 2. The molecule has 7 nitrogen and oxygen atoms in total. The molecule has 0 bridgehead atoms. The summed E-state index contributed by atoms with van der Waals surface area (Å²) in [5.41, 5.74) is 5.69. The van der Waals surface area contributed by atoms with Crippen LogP contribution in [0.2, 0.25) is 0 Å². The average molecular weight is 409 g/mol. The Labute approximate surface area is 186 Å². The molecule has 0 spiro atoms. The fraction of sp³-hybridized carbons (Fsp3) is 0.368. The smallest absolute Gasteiger partial charge is 0.423 e. The van der Waals surface area contributed by atoms with Crippen LogP contribution >= 0.6 is 0 Å². The van der Waals surface area contributed by atoms with Gasteiger partial charge in [0.2, 0.25) is 0 Å². The zero-order valence-electron chi connectivity index (χ0n) is 16.0. The first-order valence-electron chi connectivity index (χ1n) is 9.00.